The van der Waals surface area contributed by atoms with E-state index >= 15 is 0 Å². The quantitative estimate of drug-likeness (QED) is 0.824. The van der Waals surface area contributed by atoms with E-state index in [9.17, 15) is 4.79 Å². The van der Waals surface area contributed by atoms with Gasteiger partial charge >= 0.3 is 0 Å². The lowest BCUT2D eigenvalue weighted by Gasteiger charge is -2.26. The summed E-state index contributed by atoms with van der Waals surface area (Å²) in [5.74, 6) is 0.644. The molecule has 0 spiro atoms. The summed E-state index contributed by atoms with van der Waals surface area (Å²) in [4.78, 5) is 25.6. The molecule has 7 nitrogen and oxygen atoms in total. The van der Waals surface area contributed by atoms with Crippen LogP contribution in [0.5, 0.6) is 0 Å². The minimum atomic E-state index is -0.0598. The molecule has 0 unspecified atom stereocenters. The van der Waals surface area contributed by atoms with Crippen LogP contribution in [-0.2, 0) is 17.8 Å². The number of nitrogens with zero attached hydrogens (tertiary/aromatic N) is 5. The Hall–Kier alpha value is -2.98. The first-order valence-corrected chi connectivity index (χ1v) is 8.21. The summed E-state index contributed by atoms with van der Waals surface area (Å²) in [6, 6.07) is 8.75. The number of hydrogen-bond acceptors (Lipinski definition) is 6. The van der Waals surface area contributed by atoms with Crippen molar-refractivity contribution in [3.05, 3.63) is 52.8 Å². The number of ether oxygens (including phenoxy) is 1. The third kappa shape index (κ3) is 3.04. The van der Waals surface area contributed by atoms with Crippen LogP contribution in [0.25, 0.3) is 0 Å². The minimum Gasteiger partial charge on any atom is -0.378 e. The van der Waals surface area contributed by atoms with E-state index in [1.54, 1.807) is 29.2 Å². The van der Waals surface area contributed by atoms with Gasteiger partial charge in [-0.25, -0.2) is 9.97 Å². The molecule has 2 aliphatic rings. The van der Waals surface area contributed by atoms with Crippen LogP contribution in [0.2, 0.25) is 0 Å². The molecule has 0 aliphatic carbocycles. The molecule has 0 atom stereocenters. The lowest BCUT2D eigenvalue weighted by molar-refractivity contribution is 0.0750. The van der Waals surface area contributed by atoms with E-state index < -0.39 is 0 Å². The SMILES string of the molecule is N#Cc1ccc(C(=O)N2Cc3cnc(N4CCOCC4)nc3C2)cc1. The second-order valence-corrected chi connectivity index (χ2v) is 6.09. The van der Waals surface area contributed by atoms with Crippen molar-refractivity contribution < 1.29 is 9.53 Å². The Morgan fingerprint density at radius 3 is 2.64 bits per heavy atom. The van der Waals surface area contributed by atoms with E-state index in [4.69, 9.17) is 10.00 Å². The number of hydrogen-bond donors (Lipinski definition) is 0. The van der Waals surface area contributed by atoms with Crippen LogP contribution in [-0.4, -0.2) is 47.1 Å². The largest absolute Gasteiger partial charge is 0.378 e. The summed E-state index contributed by atoms with van der Waals surface area (Å²) in [6.07, 6.45) is 1.82. The van der Waals surface area contributed by atoms with Crippen molar-refractivity contribution >= 4 is 11.9 Å². The Morgan fingerprint density at radius 2 is 1.92 bits per heavy atom. The Morgan fingerprint density at radius 1 is 1.16 bits per heavy atom. The van der Waals surface area contributed by atoms with Crippen molar-refractivity contribution in [1.82, 2.24) is 14.9 Å². The number of anilines is 1. The van der Waals surface area contributed by atoms with E-state index in [1.807, 2.05) is 6.20 Å². The number of nitriles is 1. The van der Waals surface area contributed by atoms with E-state index in [-0.39, 0.29) is 5.91 Å². The number of fused-ring (bicyclic) bond motifs is 1. The molecule has 3 heterocycles. The minimum absolute atomic E-state index is 0.0598. The summed E-state index contributed by atoms with van der Waals surface area (Å²) in [5, 5.41) is 8.86. The average Bonchev–Trinajstić information content (AvgIpc) is 3.11. The van der Waals surface area contributed by atoms with Gasteiger partial charge in [-0.1, -0.05) is 0 Å². The molecule has 1 fully saturated rings. The van der Waals surface area contributed by atoms with Crippen LogP contribution in [0.15, 0.2) is 30.5 Å². The Labute approximate surface area is 145 Å². The topological polar surface area (TPSA) is 82.4 Å². The zero-order valence-electron chi connectivity index (χ0n) is 13.7. The van der Waals surface area contributed by atoms with Gasteiger partial charge in [-0.15, -0.1) is 0 Å². The second kappa shape index (κ2) is 6.49. The van der Waals surface area contributed by atoms with Crippen molar-refractivity contribution in [3.63, 3.8) is 0 Å². The van der Waals surface area contributed by atoms with Gasteiger partial charge in [-0.2, -0.15) is 5.26 Å². The lowest BCUT2D eigenvalue weighted by Crippen LogP contribution is -2.37. The fourth-order valence-electron chi connectivity index (χ4n) is 3.07. The molecule has 7 heteroatoms. The van der Waals surface area contributed by atoms with E-state index in [0.29, 0.717) is 43.4 Å². The van der Waals surface area contributed by atoms with E-state index in [0.717, 1.165) is 24.3 Å². The predicted octanol–water partition coefficient (Wildman–Crippen LogP) is 1.34. The van der Waals surface area contributed by atoms with Crippen LogP contribution in [0.1, 0.15) is 27.2 Å². The Kier molecular flexibility index (Phi) is 4.04. The van der Waals surface area contributed by atoms with Crippen molar-refractivity contribution in [3.8, 4) is 6.07 Å². The maximum absolute atomic E-state index is 12.7. The number of carbonyl (C=O) groups excluding carboxylic acids is 1. The van der Waals surface area contributed by atoms with Gasteiger partial charge in [0.2, 0.25) is 5.95 Å². The molecule has 126 valence electrons. The number of amides is 1. The second-order valence-electron chi connectivity index (χ2n) is 6.09. The standard InChI is InChI=1S/C18H17N5O2/c19-9-13-1-3-14(4-2-13)17(24)23-11-15-10-20-18(21-16(15)12-23)22-5-7-25-8-6-22/h1-4,10H,5-8,11-12H2. The molecule has 25 heavy (non-hydrogen) atoms. The summed E-state index contributed by atoms with van der Waals surface area (Å²) >= 11 is 0. The van der Waals surface area contributed by atoms with Gasteiger partial charge in [0.25, 0.3) is 5.91 Å². The smallest absolute Gasteiger partial charge is 0.254 e. The zero-order chi connectivity index (χ0) is 17.2. The summed E-state index contributed by atoms with van der Waals surface area (Å²) < 4.78 is 5.36. The molecule has 1 aromatic carbocycles. The van der Waals surface area contributed by atoms with Crippen LogP contribution < -0.4 is 4.90 Å². The molecule has 0 bridgehead atoms. The van der Waals surface area contributed by atoms with E-state index in [2.05, 4.69) is 20.9 Å². The molecule has 1 aromatic heterocycles. The first-order valence-electron chi connectivity index (χ1n) is 8.21. The first-order chi connectivity index (χ1) is 12.2. The normalized spacial score (nSPS) is 16.4. The lowest BCUT2D eigenvalue weighted by atomic mass is 10.1. The highest BCUT2D eigenvalue weighted by Gasteiger charge is 2.27. The van der Waals surface area contributed by atoms with Gasteiger partial charge in [-0.3, -0.25) is 4.79 Å². The predicted molar refractivity (Wildman–Crippen MR) is 89.8 cm³/mol. The summed E-state index contributed by atoms with van der Waals surface area (Å²) in [7, 11) is 0. The maximum atomic E-state index is 12.7. The van der Waals surface area contributed by atoms with Crippen molar-refractivity contribution in [2.24, 2.45) is 0 Å². The fraction of sp³-hybridized carbons (Fsp3) is 0.333. The molecule has 2 aromatic rings. The van der Waals surface area contributed by atoms with Crippen LogP contribution in [0.4, 0.5) is 5.95 Å². The van der Waals surface area contributed by atoms with Gasteiger partial charge in [0.15, 0.2) is 0 Å². The zero-order valence-corrected chi connectivity index (χ0v) is 13.7. The number of carbonyl (C=O) groups is 1. The fourth-order valence-corrected chi connectivity index (χ4v) is 3.07. The molecule has 0 saturated carbocycles. The van der Waals surface area contributed by atoms with Crippen LogP contribution in [0, 0.1) is 11.3 Å². The van der Waals surface area contributed by atoms with Gasteiger partial charge in [0, 0.05) is 37.0 Å². The van der Waals surface area contributed by atoms with Crippen LogP contribution >= 0.6 is 0 Å². The van der Waals surface area contributed by atoms with Gasteiger partial charge in [0.1, 0.15) is 0 Å². The molecule has 1 saturated heterocycles. The molecular formula is C18H17N5O2. The van der Waals surface area contributed by atoms with Crippen molar-refractivity contribution in [1.29, 1.82) is 5.26 Å². The molecule has 0 radical (unpaired) electrons. The number of rotatable bonds is 2. The van der Waals surface area contributed by atoms with Crippen molar-refractivity contribution in [2.45, 2.75) is 13.1 Å². The van der Waals surface area contributed by atoms with Gasteiger partial charge in [0.05, 0.1) is 37.1 Å². The highest BCUT2D eigenvalue weighted by atomic mass is 16.5. The molecule has 0 N–H and O–H groups in total. The number of aromatic nitrogens is 2. The van der Waals surface area contributed by atoms with Gasteiger partial charge < -0.3 is 14.5 Å². The summed E-state index contributed by atoms with van der Waals surface area (Å²) in [5.41, 5.74) is 3.01. The summed E-state index contributed by atoms with van der Waals surface area (Å²) in [6.45, 7) is 3.93. The maximum Gasteiger partial charge on any atom is 0.254 e. The third-order valence-corrected chi connectivity index (χ3v) is 4.49. The van der Waals surface area contributed by atoms with E-state index in [1.165, 1.54) is 0 Å². The highest BCUT2D eigenvalue weighted by molar-refractivity contribution is 5.94. The van der Waals surface area contributed by atoms with Gasteiger partial charge in [-0.05, 0) is 24.3 Å². The Balaban J connectivity index is 1.50. The molecule has 4 rings (SSSR count). The first kappa shape index (κ1) is 15.5. The molecule has 2 aliphatic heterocycles. The Bertz CT molecular complexity index is 838. The average molecular weight is 335 g/mol. The number of morpholine rings is 1. The highest BCUT2D eigenvalue weighted by Crippen LogP contribution is 2.24. The molecule has 1 amide bonds. The monoisotopic (exact) mass is 335 g/mol. The van der Waals surface area contributed by atoms with Crippen LogP contribution in [0.3, 0.4) is 0 Å². The number of benzene rings is 1. The molecular weight excluding hydrogens is 318 g/mol. The third-order valence-electron chi connectivity index (χ3n) is 4.49. The van der Waals surface area contributed by atoms with Crippen molar-refractivity contribution in [2.75, 3.05) is 31.2 Å².